The van der Waals surface area contributed by atoms with E-state index in [4.69, 9.17) is 0 Å². The van der Waals surface area contributed by atoms with Crippen molar-refractivity contribution in [2.75, 3.05) is 0 Å². The van der Waals surface area contributed by atoms with Crippen molar-refractivity contribution in [2.24, 2.45) is 5.92 Å². The lowest BCUT2D eigenvalue weighted by molar-refractivity contribution is -0.122. The largest absolute Gasteiger partial charge is 0.353 e. The molecule has 0 saturated heterocycles. The fourth-order valence-electron chi connectivity index (χ4n) is 2.88. The Labute approximate surface area is 124 Å². The molecule has 0 radical (unpaired) electrons. The van der Waals surface area contributed by atoms with Crippen molar-refractivity contribution in [3.63, 3.8) is 0 Å². The van der Waals surface area contributed by atoms with Gasteiger partial charge in [-0.1, -0.05) is 31.1 Å². The molecule has 1 saturated carbocycles. The average molecular weight is 296 g/mol. The number of carbonyl (C=O) groups excluding carboxylic acids is 1. The summed E-state index contributed by atoms with van der Waals surface area (Å²) in [6.45, 7) is 4.79. The summed E-state index contributed by atoms with van der Waals surface area (Å²) in [5, 5.41) is 5.02. The van der Waals surface area contributed by atoms with Crippen LogP contribution in [-0.4, -0.2) is 16.5 Å². The summed E-state index contributed by atoms with van der Waals surface area (Å²) in [7, 11) is 0. The minimum Gasteiger partial charge on any atom is -0.353 e. The summed E-state index contributed by atoms with van der Waals surface area (Å²) >= 11 is 1.23. The number of rotatable bonds is 5. The van der Waals surface area contributed by atoms with Crippen LogP contribution in [0.15, 0.2) is 10.2 Å². The molecule has 1 heterocycles. The van der Waals surface area contributed by atoms with Gasteiger partial charge in [-0.15, -0.1) is 0 Å². The summed E-state index contributed by atoms with van der Waals surface area (Å²) in [6.07, 6.45) is 6.06. The van der Waals surface area contributed by atoms with E-state index in [1.807, 2.05) is 12.3 Å². The van der Waals surface area contributed by atoms with Crippen LogP contribution in [0.25, 0.3) is 0 Å². The fraction of sp³-hybridized carbons (Fsp3) is 0.733. The number of aromatic nitrogens is 1. The van der Waals surface area contributed by atoms with E-state index >= 15 is 0 Å². The molecule has 1 aromatic heterocycles. The number of nitrogens with one attached hydrogen (secondary N) is 1. The fourth-order valence-corrected chi connectivity index (χ4v) is 3.64. The molecular weight excluding hydrogens is 272 g/mol. The molecule has 1 aromatic rings. The summed E-state index contributed by atoms with van der Waals surface area (Å²) < 4.78 is 1.75. The van der Waals surface area contributed by atoms with Crippen molar-refractivity contribution in [3.05, 3.63) is 20.7 Å². The number of aryl methyl sites for hydroxylation is 1. The highest BCUT2D eigenvalue weighted by molar-refractivity contribution is 7.07. The lowest BCUT2D eigenvalue weighted by atomic mass is 9.86. The highest BCUT2D eigenvalue weighted by Gasteiger charge is 2.22. The van der Waals surface area contributed by atoms with Gasteiger partial charge in [-0.05, 0) is 32.1 Å². The van der Waals surface area contributed by atoms with Crippen molar-refractivity contribution in [1.29, 1.82) is 0 Å². The van der Waals surface area contributed by atoms with E-state index in [9.17, 15) is 9.59 Å². The van der Waals surface area contributed by atoms with E-state index in [1.54, 1.807) is 4.57 Å². The van der Waals surface area contributed by atoms with Crippen LogP contribution in [0.2, 0.25) is 0 Å². The zero-order chi connectivity index (χ0) is 14.5. The molecule has 20 heavy (non-hydrogen) atoms. The Kier molecular flexibility index (Phi) is 5.40. The van der Waals surface area contributed by atoms with Crippen molar-refractivity contribution in [3.8, 4) is 0 Å². The Morgan fingerprint density at radius 2 is 2.20 bits per heavy atom. The molecule has 1 N–H and O–H groups in total. The Balaban J connectivity index is 1.74. The normalized spacial score (nSPS) is 22.7. The molecule has 1 aliphatic carbocycles. The third-order valence-corrected chi connectivity index (χ3v) is 5.10. The SMILES string of the molecule is Cc1csc(=O)n1CCCC(=O)N[C@H]1CCCC[C@H]1C. The van der Waals surface area contributed by atoms with E-state index in [1.165, 1.54) is 30.6 Å². The standard InChI is InChI=1S/C15H24N2O2S/c1-11-6-3-4-7-13(11)16-14(18)8-5-9-17-12(2)10-20-15(17)19/h10-11,13H,3-9H2,1-2H3,(H,16,18)/t11-,13+/m1/s1. The first kappa shape index (κ1) is 15.3. The third-order valence-electron chi connectivity index (χ3n) is 4.22. The molecule has 2 atom stereocenters. The van der Waals surface area contributed by atoms with E-state index in [0.29, 0.717) is 24.9 Å². The Morgan fingerprint density at radius 1 is 1.45 bits per heavy atom. The summed E-state index contributed by atoms with van der Waals surface area (Å²) in [6, 6.07) is 0.349. The molecule has 5 heteroatoms. The van der Waals surface area contributed by atoms with Crippen LogP contribution >= 0.6 is 11.3 Å². The average Bonchev–Trinajstić information content (AvgIpc) is 2.73. The maximum absolute atomic E-state index is 12.0. The van der Waals surface area contributed by atoms with Gasteiger partial charge in [0.25, 0.3) is 0 Å². The highest BCUT2D eigenvalue weighted by Crippen LogP contribution is 2.23. The van der Waals surface area contributed by atoms with Gasteiger partial charge in [0.15, 0.2) is 0 Å². The van der Waals surface area contributed by atoms with Gasteiger partial charge in [0, 0.05) is 30.1 Å². The monoisotopic (exact) mass is 296 g/mol. The van der Waals surface area contributed by atoms with E-state index in [0.717, 1.165) is 18.5 Å². The molecule has 0 bridgehead atoms. The minimum absolute atomic E-state index is 0.0730. The Bertz CT molecular complexity index is 506. The topological polar surface area (TPSA) is 51.1 Å². The number of hydrogen-bond acceptors (Lipinski definition) is 3. The molecule has 0 spiro atoms. The smallest absolute Gasteiger partial charge is 0.307 e. The molecule has 1 amide bonds. The van der Waals surface area contributed by atoms with Gasteiger partial charge in [0.05, 0.1) is 0 Å². The highest BCUT2D eigenvalue weighted by atomic mass is 32.1. The lowest BCUT2D eigenvalue weighted by Gasteiger charge is -2.29. The zero-order valence-corrected chi connectivity index (χ0v) is 13.2. The summed E-state index contributed by atoms with van der Waals surface area (Å²) in [5.74, 6) is 0.721. The first-order valence-electron chi connectivity index (χ1n) is 7.52. The maximum atomic E-state index is 12.0. The molecule has 1 fully saturated rings. The Morgan fingerprint density at radius 3 is 2.85 bits per heavy atom. The van der Waals surface area contributed by atoms with Crippen LogP contribution in [-0.2, 0) is 11.3 Å². The predicted molar refractivity (Wildman–Crippen MR) is 82.1 cm³/mol. The van der Waals surface area contributed by atoms with Crippen molar-refractivity contribution < 1.29 is 4.79 Å². The number of amides is 1. The second kappa shape index (κ2) is 7.07. The summed E-state index contributed by atoms with van der Waals surface area (Å²) in [4.78, 5) is 23.6. The zero-order valence-electron chi connectivity index (χ0n) is 12.4. The van der Waals surface area contributed by atoms with Crippen LogP contribution in [0.1, 0.15) is 51.1 Å². The quantitative estimate of drug-likeness (QED) is 0.908. The van der Waals surface area contributed by atoms with E-state index in [2.05, 4.69) is 12.2 Å². The van der Waals surface area contributed by atoms with Crippen LogP contribution < -0.4 is 10.2 Å². The van der Waals surface area contributed by atoms with Crippen molar-refractivity contribution >= 4 is 17.2 Å². The first-order chi connectivity index (χ1) is 9.58. The number of hydrogen-bond donors (Lipinski definition) is 1. The van der Waals surface area contributed by atoms with E-state index in [-0.39, 0.29) is 10.8 Å². The van der Waals surface area contributed by atoms with Gasteiger partial charge in [-0.25, -0.2) is 0 Å². The van der Waals surface area contributed by atoms with E-state index < -0.39 is 0 Å². The molecule has 112 valence electrons. The maximum Gasteiger partial charge on any atom is 0.307 e. The van der Waals surface area contributed by atoms with Gasteiger partial charge in [0.1, 0.15) is 0 Å². The van der Waals surface area contributed by atoms with Crippen molar-refractivity contribution in [1.82, 2.24) is 9.88 Å². The molecule has 1 aliphatic rings. The number of thiazole rings is 1. The molecule has 2 rings (SSSR count). The lowest BCUT2D eigenvalue weighted by Crippen LogP contribution is -2.41. The molecular formula is C15H24N2O2S. The van der Waals surface area contributed by atoms with Crippen molar-refractivity contribution in [2.45, 2.75) is 65.0 Å². The van der Waals surface area contributed by atoms with Crippen LogP contribution in [0.5, 0.6) is 0 Å². The molecule has 0 aliphatic heterocycles. The molecule has 0 aromatic carbocycles. The first-order valence-corrected chi connectivity index (χ1v) is 8.40. The number of nitrogens with zero attached hydrogens (tertiary/aromatic N) is 1. The van der Waals surface area contributed by atoms with Gasteiger partial charge >= 0.3 is 4.87 Å². The van der Waals surface area contributed by atoms with Crippen LogP contribution in [0, 0.1) is 12.8 Å². The van der Waals surface area contributed by atoms with Crippen LogP contribution in [0.4, 0.5) is 0 Å². The second-order valence-corrected chi connectivity index (χ2v) is 6.65. The van der Waals surface area contributed by atoms with Crippen LogP contribution in [0.3, 0.4) is 0 Å². The second-order valence-electron chi connectivity index (χ2n) is 5.83. The third kappa shape index (κ3) is 3.95. The van der Waals surface area contributed by atoms with Gasteiger partial charge in [-0.3, -0.25) is 9.59 Å². The summed E-state index contributed by atoms with van der Waals surface area (Å²) in [5.41, 5.74) is 0.987. The van der Waals surface area contributed by atoms with Gasteiger partial charge in [0.2, 0.25) is 5.91 Å². The Hall–Kier alpha value is -1.10. The molecule has 0 unspecified atom stereocenters. The minimum atomic E-state index is 0.0730. The van der Waals surface area contributed by atoms with Gasteiger partial charge < -0.3 is 9.88 Å². The van der Waals surface area contributed by atoms with Gasteiger partial charge in [-0.2, -0.15) is 0 Å². The number of carbonyl (C=O) groups is 1. The predicted octanol–water partition coefficient (Wildman–Crippen LogP) is 2.69. The molecule has 4 nitrogen and oxygen atoms in total.